The molecule has 6 nitrogen and oxygen atoms in total. The van der Waals surface area contributed by atoms with Gasteiger partial charge in [0.2, 0.25) is 0 Å². The van der Waals surface area contributed by atoms with E-state index in [0.717, 1.165) is 5.69 Å². The topological polar surface area (TPSA) is 85.0 Å². The largest absolute Gasteiger partial charge is 0.382 e. The molecule has 2 heterocycles. The summed E-state index contributed by atoms with van der Waals surface area (Å²) in [5, 5.41) is 0. The lowest BCUT2D eigenvalue weighted by atomic mass is 10.3. The Morgan fingerprint density at radius 3 is 2.63 bits per heavy atom. The molecule has 0 bridgehead atoms. The molecule has 0 aliphatic heterocycles. The molecule has 0 saturated carbocycles. The number of anilines is 2. The molecule has 1 amide bonds. The van der Waals surface area contributed by atoms with Crippen LogP contribution in [-0.4, -0.2) is 27.9 Å². The molecular formula is C13H15N5O. The van der Waals surface area contributed by atoms with Crippen LogP contribution in [0.15, 0.2) is 24.4 Å². The highest BCUT2D eigenvalue weighted by Crippen LogP contribution is 2.15. The number of carbonyl (C=O) groups excluding carboxylic acids is 1. The molecule has 2 aromatic rings. The van der Waals surface area contributed by atoms with Gasteiger partial charge in [0, 0.05) is 12.7 Å². The van der Waals surface area contributed by atoms with Crippen molar-refractivity contribution in [1.29, 1.82) is 0 Å². The quantitative estimate of drug-likeness (QED) is 0.877. The van der Waals surface area contributed by atoms with Crippen LogP contribution in [0.2, 0.25) is 0 Å². The van der Waals surface area contributed by atoms with Crippen molar-refractivity contribution in [3.05, 3.63) is 41.5 Å². The van der Waals surface area contributed by atoms with Crippen LogP contribution in [0, 0.1) is 13.8 Å². The number of aryl methyl sites for hydroxylation is 2. The van der Waals surface area contributed by atoms with E-state index in [0.29, 0.717) is 11.5 Å². The summed E-state index contributed by atoms with van der Waals surface area (Å²) in [6.07, 6.45) is 1.52. The molecule has 0 aromatic carbocycles. The Morgan fingerprint density at radius 2 is 1.95 bits per heavy atom. The first-order valence-electron chi connectivity index (χ1n) is 5.80. The highest BCUT2D eigenvalue weighted by molar-refractivity contribution is 6.06. The maximum absolute atomic E-state index is 12.3. The van der Waals surface area contributed by atoms with Gasteiger partial charge in [0.15, 0.2) is 11.5 Å². The van der Waals surface area contributed by atoms with Crippen molar-refractivity contribution >= 4 is 17.5 Å². The predicted octanol–water partition coefficient (Wildman–Crippen LogP) is 1.35. The van der Waals surface area contributed by atoms with Crippen molar-refractivity contribution in [2.45, 2.75) is 13.8 Å². The molecule has 0 fully saturated rings. The number of carbonyl (C=O) groups is 1. The summed E-state index contributed by atoms with van der Waals surface area (Å²) in [5.41, 5.74) is 7.31. The first-order chi connectivity index (χ1) is 8.99. The van der Waals surface area contributed by atoms with Crippen molar-refractivity contribution in [3.8, 4) is 0 Å². The number of aromatic nitrogens is 3. The van der Waals surface area contributed by atoms with Crippen molar-refractivity contribution in [2.24, 2.45) is 0 Å². The van der Waals surface area contributed by atoms with Gasteiger partial charge in [-0.2, -0.15) is 0 Å². The second-order valence-electron chi connectivity index (χ2n) is 4.25. The average Bonchev–Trinajstić information content (AvgIpc) is 2.40. The second-order valence-corrected chi connectivity index (χ2v) is 4.25. The monoisotopic (exact) mass is 257 g/mol. The Bertz CT molecular complexity index is 626. The van der Waals surface area contributed by atoms with Gasteiger partial charge in [-0.1, -0.05) is 6.07 Å². The normalized spacial score (nSPS) is 10.3. The number of nitrogens with two attached hydrogens (primary N) is 1. The minimum Gasteiger partial charge on any atom is -0.382 e. The summed E-state index contributed by atoms with van der Waals surface area (Å²) in [4.78, 5) is 26.1. The van der Waals surface area contributed by atoms with Crippen LogP contribution in [0.5, 0.6) is 0 Å². The van der Waals surface area contributed by atoms with E-state index in [9.17, 15) is 4.79 Å². The van der Waals surface area contributed by atoms with E-state index in [4.69, 9.17) is 5.73 Å². The minimum absolute atomic E-state index is 0.120. The maximum atomic E-state index is 12.3. The lowest BCUT2D eigenvalue weighted by molar-refractivity contribution is 0.0988. The van der Waals surface area contributed by atoms with Gasteiger partial charge < -0.3 is 5.73 Å². The van der Waals surface area contributed by atoms with E-state index < -0.39 is 0 Å². The number of amides is 1. The number of pyridine rings is 1. The van der Waals surface area contributed by atoms with Crippen molar-refractivity contribution in [3.63, 3.8) is 0 Å². The van der Waals surface area contributed by atoms with Crippen LogP contribution >= 0.6 is 0 Å². The van der Waals surface area contributed by atoms with Crippen LogP contribution in [0.1, 0.15) is 21.9 Å². The van der Waals surface area contributed by atoms with E-state index in [2.05, 4.69) is 15.0 Å². The first kappa shape index (κ1) is 12.9. The Labute approximate surface area is 111 Å². The number of nitrogens with zero attached hydrogens (tertiary/aromatic N) is 4. The van der Waals surface area contributed by atoms with Gasteiger partial charge >= 0.3 is 0 Å². The zero-order valence-corrected chi connectivity index (χ0v) is 11.1. The van der Waals surface area contributed by atoms with Gasteiger partial charge in [0.05, 0.1) is 11.9 Å². The lowest BCUT2D eigenvalue weighted by Gasteiger charge is -2.16. The third-order valence-electron chi connectivity index (χ3n) is 2.65. The third-order valence-corrected chi connectivity index (χ3v) is 2.65. The summed E-state index contributed by atoms with van der Waals surface area (Å²) in [5.74, 6) is 0.342. The maximum Gasteiger partial charge on any atom is 0.281 e. The van der Waals surface area contributed by atoms with Crippen molar-refractivity contribution < 1.29 is 4.79 Å². The SMILES string of the molecule is Cc1cccc(N(C)C(=O)c2nc(C)cnc2N)n1. The standard InChI is InChI=1S/C13H15N5O/c1-8-5-4-6-10(16-8)18(3)13(19)11-12(14)15-7-9(2)17-11/h4-7H,1-3H3,(H2,14,15). The molecule has 0 unspecified atom stereocenters. The Morgan fingerprint density at radius 1 is 1.21 bits per heavy atom. The molecule has 6 heteroatoms. The fourth-order valence-electron chi connectivity index (χ4n) is 1.62. The molecule has 2 N–H and O–H groups in total. The summed E-state index contributed by atoms with van der Waals surface area (Å²) in [6, 6.07) is 5.46. The van der Waals surface area contributed by atoms with Gasteiger partial charge in [-0.15, -0.1) is 0 Å². The molecule has 0 saturated heterocycles. The van der Waals surface area contributed by atoms with E-state index in [-0.39, 0.29) is 17.4 Å². The predicted molar refractivity (Wildman–Crippen MR) is 72.9 cm³/mol. The Hall–Kier alpha value is -2.50. The lowest BCUT2D eigenvalue weighted by Crippen LogP contribution is -2.29. The van der Waals surface area contributed by atoms with Crippen LogP contribution in [0.3, 0.4) is 0 Å². The summed E-state index contributed by atoms with van der Waals surface area (Å²) < 4.78 is 0. The highest BCUT2D eigenvalue weighted by atomic mass is 16.2. The number of hydrogen-bond donors (Lipinski definition) is 1. The first-order valence-corrected chi connectivity index (χ1v) is 5.80. The van der Waals surface area contributed by atoms with Crippen LogP contribution < -0.4 is 10.6 Å². The molecule has 2 rings (SSSR count). The van der Waals surface area contributed by atoms with E-state index in [1.54, 1.807) is 20.0 Å². The highest BCUT2D eigenvalue weighted by Gasteiger charge is 2.19. The fourth-order valence-corrected chi connectivity index (χ4v) is 1.62. The van der Waals surface area contributed by atoms with Gasteiger partial charge in [0.1, 0.15) is 5.82 Å². The van der Waals surface area contributed by atoms with Gasteiger partial charge in [-0.05, 0) is 26.0 Å². The molecule has 0 radical (unpaired) electrons. The summed E-state index contributed by atoms with van der Waals surface area (Å²) >= 11 is 0. The molecule has 19 heavy (non-hydrogen) atoms. The van der Waals surface area contributed by atoms with Crippen molar-refractivity contribution in [2.75, 3.05) is 17.7 Å². The van der Waals surface area contributed by atoms with Crippen LogP contribution in [-0.2, 0) is 0 Å². The zero-order valence-electron chi connectivity index (χ0n) is 11.1. The molecule has 2 aromatic heterocycles. The van der Waals surface area contributed by atoms with E-state index >= 15 is 0 Å². The molecule has 0 spiro atoms. The molecule has 0 atom stereocenters. The van der Waals surface area contributed by atoms with E-state index in [1.165, 1.54) is 11.1 Å². The number of rotatable bonds is 2. The van der Waals surface area contributed by atoms with Crippen molar-refractivity contribution in [1.82, 2.24) is 15.0 Å². The second kappa shape index (κ2) is 5.01. The Balaban J connectivity index is 2.36. The average molecular weight is 257 g/mol. The molecule has 98 valence electrons. The molecule has 0 aliphatic carbocycles. The molecular weight excluding hydrogens is 242 g/mol. The number of hydrogen-bond acceptors (Lipinski definition) is 5. The summed E-state index contributed by atoms with van der Waals surface area (Å²) in [6.45, 7) is 3.62. The minimum atomic E-state index is -0.327. The Kier molecular flexibility index (Phi) is 3.41. The zero-order chi connectivity index (χ0) is 14.0. The fraction of sp³-hybridized carbons (Fsp3) is 0.231. The van der Waals surface area contributed by atoms with Crippen LogP contribution in [0.25, 0.3) is 0 Å². The van der Waals surface area contributed by atoms with Crippen LogP contribution in [0.4, 0.5) is 11.6 Å². The smallest absolute Gasteiger partial charge is 0.281 e. The van der Waals surface area contributed by atoms with Gasteiger partial charge in [-0.25, -0.2) is 15.0 Å². The molecule has 0 aliphatic rings. The van der Waals surface area contributed by atoms with Gasteiger partial charge in [-0.3, -0.25) is 9.69 Å². The number of nitrogen functional groups attached to an aromatic ring is 1. The third kappa shape index (κ3) is 2.67. The van der Waals surface area contributed by atoms with Gasteiger partial charge in [0.25, 0.3) is 5.91 Å². The van der Waals surface area contributed by atoms with E-state index in [1.807, 2.05) is 19.1 Å². The summed E-state index contributed by atoms with van der Waals surface area (Å²) in [7, 11) is 1.63.